The van der Waals surface area contributed by atoms with Gasteiger partial charge in [0.05, 0.1) is 6.33 Å². The second kappa shape index (κ2) is 4.55. The molecule has 4 nitrogen and oxygen atoms in total. The van der Waals surface area contributed by atoms with Crippen LogP contribution in [0.1, 0.15) is 6.42 Å². The predicted molar refractivity (Wildman–Crippen MR) is 63.1 cm³/mol. The molecule has 88 valence electrons. The van der Waals surface area contributed by atoms with Gasteiger partial charge >= 0.3 is 0 Å². The lowest BCUT2D eigenvalue weighted by Gasteiger charge is -2.16. The number of imidazole rings is 1. The topological polar surface area (TPSA) is 33.1 Å². The van der Waals surface area contributed by atoms with E-state index in [0.29, 0.717) is 0 Å². The highest BCUT2D eigenvalue weighted by Crippen LogP contribution is 2.26. The molecule has 4 heteroatoms. The van der Waals surface area contributed by atoms with Gasteiger partial charge in [-0.1, -0.05) is 0 Å². The van der Waals surface area contributed by atoms with Gasteiger partial charge in [-0.15, -0.1) is 0 Å². The second-order valence-corrected chi connectivity index (χ2v) is 5.09. The molecule has 0 aromatic carbocycles. The molecule has 1 aromatic rings. The number of nitrogens with zero attached hydrogens (tertiary/aromatic N) is 3. The van der Waals surface area contributed by atoms with Gasteiger partial charge in [0.15, 0.2) is 0 Å². The lowest BCUT2D eigenvalue weighted by molar-refractivity contribution is 0.302. The normalized spacial score (nSPS) is 29.8. The summed E-state index contributed by atoms with van der Waals surface area (Å²) in [5, 5.41) is 3.48. The average molecular weight is 220 g/mol. The summed E-state index contributed by atoms with van der Waals surface area (Å²) in [6, 6.07) is 0. The summed E-state index contributed by atoms with van der Waals surface area (Å²) in [5.74, 6) is 1.85. The largest absolute Gasteiger partial charge is 0.337 e. The maximum Gasteiger partial charge on any atom is 0.0945 e. The lowest BCUT2D eigenvalue weighted by Crippen LogP contribution is -2.27. The molecular formula is C12H20N4. The molecule has 2 aliphatic heterocycles. The summed E-state index contributed by atoms with van der Waals surface area (Å²) in [6.45, 7) is 7.43. The Hall–Kier alpha value is -0.870. The fraction of sp³-hybridized carbons (Fsp3) is 0.750. The van der Waals surface area contributed by atoms with Gasteiger partial charge in [0.1, 0.15) is 0 Å². The van der Waals surface area contributed by atoms with Crippen molar-refractivity contribution in [3.63, 3.8) is 0 Å². The summed E-state index contributed by atoms with van der Waals surface area (Å²) in [4.78, 5) is 6.69. The molecule has 0 aliphatic carbocycles. The molecule has 1 aromatic heterocycles. The fourth-order valence-corrected chi connectivity index (χ4v) is 3.03. The van der Waals surface area contributed by atoms with Crippen LogP contribution < -0.4 is 5.32 Å². The standard InChI is InChI=1S/C12H20N4/c1(3-15-5-2-13-10-15)4-16-8-11-6-14-7-12(11)9-16/h2,5,10-12,14H,1,3-4,6-9H2/t11-,12+. The van der Waals surface area contributed by atoms with E-state index < -0.39 is 0 Å². The SMILES string of the molecule is c1cn(CCCN2C[C@H]3CNC[C@H]3C2)cn1. The van der Waals surface area contributed by atoms with Crippen LogP contribution in [0.2, 0.25) is 0 Å². The van der Waals surface area contributed by atoms with E-state index in [4.69, 9.17) is 0 Å². The van der Waals surface area contributed by atoms with Crippen LogP contribution in [0, 0.1) is 11.8 Å². The van der Waals surface area contributed by atoms with E-state index in [9.17, 15) is 0 Å². The van der Waals surface area contributed by atoms with Crippen molar-refractivity contribution < 1.29 is 0 Å². The zero-order chi connectivity index (χ0) is 10.8. The zero-order valence-corrected chi connectivity index (χ0v) is 9.68. The van der Waals surface area contributed by atoms with Crippen molar-refractivity contribution in [2.75, 3.05) is 32.7 Å². The van der Waals surface area contributed by atoms with Crippen LogP contribution in [0.5, 0.6) is 0 Å². The van der Waals surface area contributed by atoms with Crippen molar-refractivity contribution in [1.29, 1.82) is 0 Å². The Labute approximate surface area is 96.7 Å². The molecule has 3 heterocycles. The van der Waals surface area contributed by atoms with E-state index in [2.05, 4.69) is 19.8 Å². The monoisotopic (exact) mass is 220 g/mol. The molecule has 0 unspecified atom stereocenters. The molecule has 0 spiro atoms. The molecule has 0 saturated carbocycles. The van der Waals surface area contributed by atoms with E-state index >= 15 is 0 Å². The minimum absolute atomic E-state index is 0.924. The number of aromatic nitrogens is 2. The number of likely N-dealkylation sites (tertiary alicyclic amines) is 1. The Bertz CT molecular complexity index is 310. The molecule has 0 radical (unpaired) electrons. The van der Waals surface area contributed by atoms with E-state index in [-0.39, 0.29) is 0 Å². The third kappa shape index (κ3) is 2.13. The second-order valence-electron chi connectivity index (χ2n) is 5.09. The van der Waals surface area contributed by atoms with Crippen molar-refractivity contribution in [3.05, 3.63) is 18.7 Å². The van der Waals surface area contributed by atoms with Gasteiger partial charge in [-0.2, -0.15) is 0 Å². The van der Waals surface area contributed by atoms with E-state index in [1.165, 1.54) is 39.1 Å². The quantitative estimate of drug-likeness (QED) is 0.798. The fourth-order valence-electron chi connectivity index (χ4n) is 3.03. The van der Waals surface area contributed by atoms with Crippen LogP contribution in [0.4, 0.5) is 0 Å². The van der Waals surface area contributed by atoms with Crippen LogP contribution in [0.15, 0.2) is 18.7 Å². The molecule has 2 fully saturated rings. The number of rotatable bonds is 4. The molecule has 0 amide bonds. The van der Waals surface area contributed by atoms with E-state index in [1.54, 1.807) is 0 Å². The minimum Gasteiger partial charge on any atom is -0.337 e. The number of hydrogen-bond acceptors (Lipinski definition) is 3. The Morgan fingerprint density at radius 2 is 2.00 bits per heavy atom. The van der Waals surface area contributed by atoms with Gasteiger partial charge in [0, 0.05) is 32.0 Å². The smallest absolute Gasteiger partial charge is 0.0945 e. The van der Waals surface area contributed by atoms with E-state index in [0.717, 1.165) is 18.4 Å². The highest BCUT2D eigenvalue weighted by Gasteiger charge is 2.35. The van der Waals surface area contributed by atoms with Gasteiger partial charge in [0.25, 0.3) is 0 Å². The van der Waals surface area contributed by atoms with Crippen molar-refractivity contribution in [1.82, 2.24) is 19.8 Å². The van der Waals surface area contributed by atoms with Crippen LogP contribution in [0.25, 0.3) is 0 Å². The lowest BCUT2D eigenvalue weighted by atomic mass is 10.0. The Balaban J connectivity index is 1.40. The van der Waals surface area contributed by atoms with Crippen molar-refractivity contribution in [2.45, 2.75) is 13.0 Å². The van der Waals surface area contributed by atoms with Gasteiger partial charge in [0.2, 0.25) is 0 Å². The molecule has 3 rings (SSSR count). The average Bonchev–Trinajstić information content (AvgIpc) is 2.91. The molecule has 16 heavy (non-hydrogen) atoms. The molecular weight excluding hydrogens is 200 g/mol. The number of nitrogens with one attached hydrogen (secondary N) is 1. The number of fused-ring (bicyclic) bond motifs is 1. The molecule has 0 bridgehead atoms. The van der Waals surface area contributed by atoms with Crippen LogP contribution in [0.3, 0.4) is 0 Å². The highest BCUT2D eigenvalue weighted by atomic mass is 15.2. The highest BCUT2D eigenvalue weighted by molar-refractivity contribution is 4.91. The van der Waals surface area contributed by atoms with Crippen LogP contribution >= 0.6 is 0 Å². The van der Waals surface area contributed by atoms with E-state index in [1.807, 2.05) is 18.7 Å². The molecule has 2 aliphatic rings. The molecule has 2 saturated heterocycles. The maximum atomic E-state index is 4.06. The van der Waals surface area contributed by atoms with Gasteiger partial charge in [-0.25, -0.2) is 4.98 Å². The first kappa shape index (κ1) is 10.3. The first-order chi connectivity index (χ1) is 7.92. The number of hydrogen-bond donors (Lipinski definition) is 1. The molecule has 2 atom stereocenters. The van der Waals surface area contributed by atoms with Crippen molar-refractivity contribution >= 4 is 0 Å². The number of aryl methyl sites for hydroxylation is 1. The van der Waals surface area contributed by atoms with Gasteiger partial charge < -0.3 is 14.8 Å². The Kier molecular flexibility index (Phi) is 2.93. The maximum absolute atomic E-state index is 4.06. The third-order valence-electron chi connectivity index (χ3n) is 3.91. The van der Waals surface area contributed by atoms with Crippen LogP contribution in [-0.2, 0) is 6.54 Å². The summed E-state index contributed by atoms with van der Waals surface area (Å²) < 4.78 is 2.17. The predicted octanol–water partition coefficient (Wildman–Crippen LogP) is 0.424. The zero-order valence-electron chi connectivity index (χ0n) is 9.68. The minimum atomic E-state index is 0.924. The summed E-state index contributed by atoms with van der Waals surface area (Å²) in [7, 11) is 0. The van der Waals surface area contributed by atoms with Crippen molar-refractivity contribution in [3.8, 4) is 0 Å². The van der Waals surface area contributed by atoms with Gasteiger partial charge in [-0.3, -0.25) is 0 Å². The van der Waals surface area contributed by atoms with Crippen LogP contribution in [-0.4, -0.2) is 47.2 Å². The van der Waals surface area contributed by atoms with Gasteiger partial charge in [-0.05, 0) is 37.9 Å². The third-order valence-corrected chi connectivity index (χ3v) is 3.91. The van der Waals surface area contributed by atoms with Crippen molar-refractivity contribution in [2.24, 2.45) is 11.8 Å². The Morgan fingerprint density at radius 3 is 2.69 bits per heavy atom. The Morgan fingerprint density at radius 1 is 1.19 bits per heavy atom. The summed E-state index contributed by atoms with van der Waals surface area (Å²) in [5.41, 5.74) is 0. The first-order valence-electron chi connectivity index (χ1n) is 6.30. The molecule has 1 N–H and O–H groups in total. The summed E-state index contributed by atoms with van der Waals surface area (Å²) >= 11 is 0. The first-order valence-corrected chi connectivity index (χ1v) is 6.30. The summed E-state index contributed by atoms with van der Waals surface area (Å²) in [6.07, 6.45) is 7.04.